The number of carbonyl (C=O) groups excluding carboxylic acids is 2. The first-order valence-corrected chi connectivity index (χ1v) is 7.88. The predicted molar refractivity (Wildman–Crippen MR) is 90.7 cm³/mol. The Morgan fingerprint density at radius 2 is 2.00 bits per heavy atom. The van der Waals surface area contributed by atoms with Crippen LogP contribution in [0.15, 0.2) is 42.5 Å². The zero-order valence-electron chi connectivity index (χ0n) is 12.9. The molecule has 0 spiro atoms. The minimum atomic E-state index is -0.584. The zero-order valence-corrected chi connectivity index (χ0v) is 13.7. The Bertz CT molecular complexity index is 831. The standard InChI is InChI=1S/C17H14ClF2N3O2/c18-14-7-11(4-5-15(14)20)21-17(25)22-12-8-16(24)23(9-12)13-3-1-2-10(19)6-13/h1-7,12H,8-9H2,(H2,21,22,25). The number of hydrogen-bond donors (Lipinski definition) is 2. The maximum absolute atomic E-state index is 13.3. The molecule has 1 fully saturated rings. The smallest absolute Gasteiger partial charge is 0.319 e. The van der Waals surface area contributed by atoms with Crippen molar-refractivity contribution in [1.82, 2.24) is 5.32 Å². The highest BCUT2D eigenvalue weighted by molar-refractivity contribution is 6.31. The lowest BCUT2D eigenvalue weighted by Crippen LogP contribution is -2.39. The summed E-state index contributed by atoms with van der Waals surface area (Å²) in [5, 5.41) is 5.08. The van der Waals surface area contributed by atoms with Crippen molar-refractivity contribution in [2.45, 2.75) is 12.5 Å². The Hall–Kier alpha value is -2.67. The third-order valence-electron chi connectivity index (χ3n) is 3.76. The molecule has 3 amide bonds. The van der Waals surface area contributed by atoms with Crippen molar-refractivity contribution < 1.29 is 18.4 Å². The molecule has 1 heterocycles. The molecule has 5 nitrogen and oxygen atoms in total. The van der Waals surface area contributed by atoms with Gasteiger partial charge in [0.1, 0.15) is 11.6 Å². The number of halogens is 3. The number of carbonyl (C=O) groups is 2. The van der Waals surface area contributed by atoms with E-state index in [1.807, 2.05) is 0 Å². The van der Waals surface area contributed by atoms with Crippen molar-refractivity contribution in [2.75, 3.05) is 16.8 Å². The lowest BCUT2D eigenvalue weighted by molar-refractivity contribution is -0.117. The molecule has 130 valence electrons. The first-order valence-electron chi connectivity index (χ1n) is 7.51. The number of amides is 3. The Labute approximate surface area is 147 Å². The molecule has 3 rings (SSSR count). The van der Waals surface area contributed by atoms with Crippen LogP contribution in [0.1, 0.15) is 6.42 Å². The number of benzene rings is 2. The molecule has 8 heteroatoms. The number of urea groups is 1. The first kappa shape index (κ1) is 17.2. The topological polar surface area (TPSA) is 61.4 Å². The van der Waals surface area contributed by atoms with Crippen molar-refractivity contribution in [1.29, 1.82) is 0 Å². The van der Waals surface area contributed by atoms with Crippen LogP contribution in [-0.2, 0) is 4.79 Å². The van der Waals surface area contributed by atoms with Crippen molar-refractivity contribution in [3.8, 4) is 0 Å². The molecular formula is C17H14ClF2N3O2. The summed E-state index contributed by atoms with van der Waals surface area (Å²) in [5.74, 6) is -1.23. The van der Waals surface area contributed by atoms with E-state index in [1.165, 1.54) is 35.2 Å². The van der Waals surface area contributed by atoms with Crippen LogP contribution >= 0.6 is 11.6 Å². The van der Waals surface area contributed by atoms with E-state index in [1.54, 1.807) is 6.07 Å². The van der Waals surface area contributed by atoms with E-state index in [-0.39, 0.29) is 23.9 Å². The normalized spacial score (nSPS) is 16.8. The number of rotatable bonds is 3. The molecule has 0 radical (unpaired) electrons. The van der Waals surface area contributed by atoms with E-state index in [9.17, 15) is 18.4 Å². The van der Waals surface area contributed by atoms with Crippen LogP contribution in [0.4, 0.5) is 25.0 Å². The van der Waals surface area contributed by atoms with Gasteiger partial charge in [0.05, 0.1) is 11.1 Å². The molecule has 0 aromatic heterocycles. The van der Waals surface area contributed by atoms with Gasteiger partial charge in [-0.15, -0.1) is 0 Å². The molecule has 2 aromatic carbocycles. The summed E-state index contributed by atoms with van der Waals surface area (Å²) in [6.07, 6.45) is 0.105. The summed E-state index contributed by atoms with van der Waals surface area (Å²) >= 11 is 5.66. The van der Waals surface area contributed by atoms with Crippen LogP contribution in [0.25, 0.3) is 0 Å². The molecule has 1 unspecified atom stereocenters. The maximum Gasteiger partial charge on any atom is 0.319 e. The van der Waals surface area contributed by atoms with Crippen LogP contribution in [0.5, 0.6) is 0 Å². The van der Waals surface area contributed by atoms with E-state index in [4.69, 9.17) is 11.6 Å². The third kappa shape index (κ3) is 4.06. The Balaban J connectivity index is 1.61. The van der Waals surface area contributed by atoms with Crippen LogP contribution in [0.3, 0.4) is 0 Å². The van der Waals surface area contributed by atoms with Gasteiger partial charge in [0.2, 0.25) is 5.91 Å². The van der Waals surface area contributed by atoms with Gasteiger partial charge in [-0.05, 0) is 36.4 Å². The highest BCUT2D eigenvalue weighted by Gasteiger charge is 2.31. The van der Waals surface area contributed by atoms with Gasteiger partial charge in [0.15, 0.2) is 0 Å². The second-order valence-corrected chi connectivity index (χ2v) is 6.02. The van der Waals surface area contributed by atoms with Gasteiger partial charge in [0, 0.05) is 24.3 Å². The van der Waals surface area contributed by atoms with Gasteiger partial charge in [-0.2, -0.15) is 0 Å². The molecule has 2 aromatic rings. The van der Waals surface area contributed by atoms with Gasteiger partial charge in [-0.1, -0.05) is 17.7 Å². The summed E-state index contributed by atoms with van der Waals surface area (Å²) in [5.41, 5.74) is 0.773. The molecule has 0 bridgehead atoms. The molecule has 1 aliphatic heterocycles. The fraction of sp³-hybridized carbons (Fsp3) is 0.176. The summed E-state index contributed by atoms with van der Waals surface area (Å²) in [4.78, 5) is 25.5. The maximum atomic E-state index is 13.3. The molecular weight excluding hydrogens is 352 g/mol. The van der Waals surface area contributed by atoms with Gasteiger partial charge in [-0.3, -0.25) is 4.79 Å². The minimum absolute atomic E-state index is 0.105. The monoisotopic (exact) mass is 365 g/mol. The van der Waals surface area contributed by atoms with E-state index in [2.05, 4.69) is 10.6 Å². The minimum Gasteiger partial charge on any atom is -0.333 e. The number of hydrogen-bond acceptors (Lipinski definition) is 2. The quantitative estimate of drug-likeness (QED) is 0.873. The molecule has 1 atom stereocenters. The molecule has 1 saturated heterocycles. The fourth-order valence-corrected chi connectivity index (χ4v) is 2.80. The number of nitrogens with one attached hydrogen (secondary N) is 2. The Kier molecular flexibility index (Phi) is 4.85. The molecule has 0 aliphatic carbocycles. The van der Waals surface area contributed by atoms with Crippen LogP contribution in [-0.4, -0.2) is 24.5 Å². The summed E-state index contributed by atoms with van der Waals surface area (Å²) in [6.45, 7) is 0.236. The predicted octanol–water partition coefficient (Wildman–Crippen LogP) is 3.55. The van der Waals surface area contributed by atoms with Crippen molar-refractivity contribution in [3.05, 3.63) is 59.1 Å². The van der Waals surface area contributed by atoms with E-state index >= 15 is 0 Å². The SMILES string of the molecule is O=C(Nc1ccc(F)c(Cl)c1)NC1CC(=O)N(c2cccc(F)c2)C1. The third-order valence-corrected chi connectivity index (χ3v) is 4.05. The summed E-state index contributed by atoms with van der Waals surface area (Å²) < 4.78 is 26.4. The molecule has 25 heavy (non-hydrogen) atoms. The summed E-state index contributed by atoms with van der Waals surface area (Å²) in [7, 11) is 0. The highest BCUT2D eigenvalue weighted by Crippen LogP contribution is 2.23. The van der Waals surface area contributed by atoms with Gasteiger partial charge in [-0.25, -0.2) is 13.6 Å². The Morgan fingerprint density at radius 3 is 2.72 bits per heavy atom. The number of nitrogens with zero attached hydrogens (tertiary/aromatic N) is 1. The first-order chi connectivity index (χ1) is 11.9. The van der Waals surface area contributed by atoms with Crippen molar-refractivity contribution in [2.24, 2.45) is 0 Å². The second kappa shape index (κ2) is 7.06. The largest absolute Gasteiger partial charge is 0.333 e. The molecule has 1 aliphatic rings. The van der Waals surface area contributed by atoms with Crippen LogP contribution in [0, 0.1) is 11.6 Å². The van der Waals surface area contributed by atoms with Gasteiger partial charge in [0.25, 0.3) is 0 Å². The van der Waals surface area contributed by atoms with Crippen LogP contribution in [0.2, 0.25) is 5.02 Å². The van der Waals surface area contributed by atoms with E-state index < -0.39 is 23.7 Å². The van der Waals surface area contributed by atoms with Gasteiger partial charge >= 0.3 is 6.03 Å². The van der Waals surface area contributed by atoms with E-state index in [0.29, 0.717) is 11.4 Å². The second-order valence-electron chi connectivity index (χ2n) is 5.61. The van der Waals surface area contributed by atoms with Crippen molar-refractivity contribution >= 4 is 34.9 Å². The van der Waals surface area contributed by atoms with Gasteiger partial charge < -0.3 is 15.5 Å². The van der Waals surface area contributed by atoms with Crippen molar-refractivity contribution in [3.63, 3.8) is 0 Å². The number of anilines is 2. The average Bonchev–Trinajstić information content (AvgIpc) is 2.91. The highest BCUT2D eigenvalue weighted by atomic mass is 35.5. The Morgan fingerprint density at radius 1 is 1.20 bits per heavy atom. The summed E-state index contributed by atoms with van der Waals surface area (Å²) in [6, 6.07) is 8.54. The fourth-order valence-electron chi connectivity index (χ4n) is 2.62. The lowest BCUT2D eigenvalue weighted by Gasteiger charge is -2.17. The van der Waals surface area contributed by atoms with Crippen LogP contribution < -0.4 is 15.5 Å². The average molecular weight is 366 g/mol. The lowest BCUT2D eigenvalue weighted by atomic mass is 10.2. The molecule has 2 N–H and O–H groups in total. The zero-order chi connectivity index (χ0) is 18.0. The molecule has 0 saturated carbocycles. The van der Waals surface area contributed by atoms with E-state index in [0.717, 1.165) is 6.07 Å².